The predicted molar refractivity (Wildman–Crippen MR) is 71.6 cm³/mol. The van der Waals surface area contributed by atoms with Crippen molar-refractivity contribution in [3.8, 4) is 0 Å². The highest BCUT2D eigenvalue weighted by Gasteiger charge is 2.25. The summed E-state index contributed by atoms with van der Waals surface area (Å²) < 4.78 is 26.0. The van der Waals surface area contributed by atoms with Gasteiger partial charge in [-0.2, -0.15) is 0 Å². The Morgan fingerprint density at radius 2 is 1.71 bits per heavy atom. The summed E-state index contributed by atoms with van der Waals surface area (Å²) in [4.78, 5) is 0. The molecule has 0 heterocycles. The molecule has 0 atom stereocenters. The lowest BCUT2D eigenvalue weighted by Crippen LogP contribution is -2.42. The van der Waals surface area contributed by atoms with Crippen LogP contribution in [0.2, 0.25) is 0 Å². The molecule has 4 N–H and O–H groups in total. The van der Waals surface area contributed by atoms with Crippen molar-refractivity contribution < 1.29 is 8.42 Å². The molecule has 0 saturated heterocycles. The van der Waals surface area contributed by atoms with E-state index in [2.05, 4.69) is 4.72 Å². The van der Waals surface area contributed by atoms with Crippen LogP contribution in [0.15, 0.2) is 0 Å². The molecule has 0 bridgehead atoms. The van der Waals surface area contributed by atoms with Crippen molar-refractivity contribution in [3.05, 3.63) is 0 Å². The maximum atomic E-state index is 11.7. The van der Waals surface area contributed by atoms with E-state index >= 15 is 0 Å². The van der Waals surface area contributed by atoms with E-state index in [1.54, 1.807) is 13.8 Å². The molecule has 0 aromatic carbocycles. The highest BCUT2D eigenvalue weighted by atomic mass is 32.2. The van der Waals surface area contributed by atoms with Crippen molar-refractivity contribution in [1.29, 1.82) is 5.41 Å². The van der Waals surface area contributed by atoms with Crippen molar-refractivity contribution >= 4 is 15.9 Å². The molecule has 0 unspecified atom stereocenters. The maximum absolute atomic E-state index is 11.7. The highest BCUT2D eigenvalue weighted by molar-refractivity contribution is 7.89. The minimum Gasteiger partial charge on any atom is -0.387 e. The van der Waals surface area contributed by atoms with Gasteiger partial charge in [0, 0.05) is 12.0 Å². The molecule has 102 valence electrons. The molecule has 0 aliphatic carbocycles. The number of hydrogen-bond acceptors (Lipinski definition) is 3. The van der Waals surface area contributed by atoms with Crippen LogP contribution in [0.25, 0.3) is 0 Å². The average Bonchev–Trinajstić information content (AvgIpc) is 2.11. The number of nitrogens with two attached hydrogens (primary N) is 1. The molecule has 0 rings (SSSR count). The van der Waals surface area contributed by atoms with E-state index in [9.17, 15) is 8.42 Å². The average molecular weight is 263 g/mol. The zero-order chi connectivity index (χ0) is 13.9. The SMILES string of the molecule is CC(C)(C)CCS(=O)(=O)NCC(C)(C)C(=N)N. The second-order valence-corrected chi connectivity index (χ2v) is 8.17. The molecule has 17 heavy (non-hydrogen) atoms. The standard InChI is InChI=1S/C11H25N3O2S/c1-10(2,3)6-7-17(15,16)14-8-11(4,5)9(12)13/h14H,6-8H2,1-5H3,(H3,12,13). The summed E-state index contributed by atoms with van der Waals surface area (Å²) in [5.41, 5.74) is 4.74. The third kappa shape index (κ3) is 7.33. The fraction of sp³-hybridized carbons (Fsp3) is 0.909. The van der Waals surface area contributed by atoms with Crippen molar-refractivity contribution in [2.75, 3.05) is 12.3 Å². The molecule has 5 nitrogen and oxygen atoms in total. The van der Waals surface area contributed by atoms with E-state index < -0.39 is 15.4 Å². The van der Waals surface area contributed by atoms with Gasteiger partial charge in [-0.05, 0) is 11.8 Å². The molecule has 0 fully saturated rings. The van der Waals surface area contributed by atoms with Gasteiger partial charge in [-0.25, -0.2) is 13.1 Å². The van der Waals surface area contributed by atoms with Crippen molar-refractivity contribution in [2.24, 2.45) is 16.6 Å². The van der Waals surface area contributed by atoms with Crippen LogP contribution in [-0.4, -0.2) is 26.6 Å². The number of rotatable bonds is 6. The molecule has 0 saturated carbocycles. The first kappa shape index (κ1) is 16.4. The molecule has 6 heteroatoms. The van der Waals surface area contributed by atoms with E-state index in [0.717, 1.165) is 0 Å². The Morgan fingerprint density at radius 3 is 2.06 bits per heavy atom. The van der Waals surface area contributed by atoms with Crippen LogP contribution in [0.5, 0.6) is 0 Å². The zero-order valence-corrected chi connectivity index (χ0v) is 12.2. The minimum absolute atomic E-state index is 0.00908. The van der Waals surface area contributed by atoms with Crippen LogP contribution >= 0.6 is 0 Å². The molecule has 0 spiro atoms. The Morgan fingerprint density at radius 1 is 1.24 bits per heavy atom. The van der Waals surface area contributed by atoms with Gasteiger partial charge in [-0.3, -0.25) is 5.41 Å². The third-order valence-corrected chi connectivity index (χ3v) is 3.91. The van der Waals surface area contributed by atoms with Gasteiger partial charge < -0.3 is 5.73 Å². The lowest BCUT2D eigenvalue weighted by molar-refractivity contribution is 0.395. The van der Waals surface area contributed by atoms with Crippen LogP contribution in [0, 0.1) is 16.2 Å². The molecule has 0 aliphatic rings. The minimum atomic E-state index is -3.28. The van der Waals surface area contributed by atoms with Crippen LogP contribution in [0.1, 0.15) is 41.0 Å². The second-order valence-electron chi connectivity index (χ2n) is 6.25. The summed E-state index contributed by atoms with van der Waals surface area (Å²) >= 11 is 0. The summed E-state index contributed by atoms with van der Waals surface area (Å²) in [6.07, 6.45) is 0.600. The van der Waals surface area contributed by atoms with Gasteiger partial charge in [-0.15, -0.1) is 0 Å². The smallest absolute Gasteiger partial charge is 0.211 e. The van der Waals surface area contributed by atoms with Crippen LogP contribution < -0.4 is 10.5 Å². The quantitative estimate of drug-likeness (QED) is 0.498. The number of nitrogens with one attached hydrogen (secondary N) is 2. The summed E-state index contributed by atoms with van der Waals surface area (Å²) in [6, 6.07) is 0. The van der Waals surface area contributed by atoms with Gasteiger partial charge in [0.25, 0.3) is 0 Å². The highest BCUT2D eigenvalue weighted by Crippen LogP contribution is 2.19. The van der Waals surface area contributed by atoms with E-state index in [1.807, 2.05) is 20.8 Å². The van der Waals surface area contributed by atoms with Gasteiger partial charge in [-0.1, -0.05) is 34.6 Å². The first-order chi connectivity index (χ1) is 7.36. The number of hydrogen-bond donors (Lipinski definition) is 3. The van der Waals surface area contributed by atoms with Crippen molar-refractivity contribution in [1.82, 2.24) is 4.72 Å². The summed E-state index contributed by atoms with van der Waals surface area (Å²) in [7, 11) is -3.28. The normalized spacial score (nSPS) is 13.7. The molecular weight excluding hydrogens is 238 g/mol. The van der Waals surface area contributed by atoms with Gasteiger partial charge in [0.1, 0.15) is 0 Å². The van der Waals surface area contributed by atoms with Gasteiger partial charge in [0.05, 0.1) is 11.6 Å². The van der Waals surface area contributed by atoms with E-state index in [-0.39, 0.29) is 23.5 Å². The van der Waals surface area contributed by atoms with E-state index in [0.29, 0.717) is 6.42 Å². The second kappa shape index (κ2) is 5.35. The summed E-state index contributed by atoms with van der Waals surface area (Å²) in [5.74, 6) is 0.0841. The fourth-order valence-corrected chi connectivity index (χ4v) is 2.50. The Kier molecular flexibility index (Phi) is 5.16. The zero-order valence-electron chi connectivity index (χ0n) is 11.4. The van der Waals surface area contributed by atoms with Crippen LogP contribution in [0.4, 0.5) is 0 Å². The summed E-state index contributed by atoms with van der Waals surface area (Å²) in [5, 5.41) is 7.35. The van der Waals surface area contributed by atoms with Gasteiger partial charge in [0.2, 0.25) is 10.0 Å². The largest absolute Gasteiger partial charge is 0.387 e. The lowest BCUT2D eigenvalue weighted by atomic mass is 9.93. The van der Waals surface area contributed by atoms with Crippen LogP contribution in [0.3, 0.4) is 0 Å². The fourth-order valence-electron chi connectivity index (χ4n) is 0.898. The van der Waals surface area contributed by atoms with E-state index in [4.69, 9.17) is 11.1 Å². The number of amidine groups is 1. The molecule has 0 radical (unpaired) electrons. The van der Waals surface area contributed by atoms with E-state index in [1.165, 1.54) is 0 Å². The Bertz CT molecular complexity index is 367. The van der Waals surface area contributed by atoms with Gasteiger partial charge in [0.15, 0.2) is 0 Å². The Balaban J connectivity index is 4.34. The Labute approximate surface area is 105 Å². The first-order valence-corrected chi connectivity index (χ1v) is 7.33. The van der Waals surface area contributed by atoms with Crippen molar-refractivity contribution in [3.63, 3.8) is 0 Å². The molecule has 0 aliphatic heterocycles. The Hall–Kier alpha value is -0.620. The first-order valence-electron chi connectivity index (χ1n) is 5.68. The lowest BCUT2D eigenvalue weighted by Gasteiger charge is -2.24. The molecule has 0 aromatic rings. The predicted octanol–water partition coefficient (Wildman–Crippen LogP) is 1.30. The monoisotopic (exact) mass is 263 g/mol. The summed E-state index contributed by atoms with van der Waals surface area (Å²) in [6.45, 7) is 9.64. The third-order valence-electron chi connectivity index (χ3n) is 2.58. The molecule has 0 aromatic heterocycles. The maximum Gasteiger partial charge on any atom is 0.211 e. The number of sulfonamides is 1. The molecule has 0 amide bonds. The topological polar surface area (TPSA) is 96.0 Å². The van der Waals surface area contributed by atoms with Crippen molar-refractivity contribution in [2.45, 2.75) is 41.0 Å². The molecular formula is C11H25N3O2S. The van der Waals surface area contributed by atoms with Crippen LogP contribution in [-0.2, 0) is 10.0 Å². The van der Waals surface area contributed by atoms with Gasteiger partial charge >= 0.3 is 0 Å².